The van der Waals surface area contributed by atoms with E-state index < -0.39 is 33.1 Å². The average Bonchev–Trinajstić information content (AvgIpc) is 3.05. The molecule has 0 saturated heterocycles. The first-order chi connectivity index (χ1) is 16.1. The van der Waals surface area contributed by atoms with Gasteiger partial charge in [-0.25, -0.2) is 9.12 Å². The van der Waals surface area contributed by atoms with Crippen LogP contribution in [-0.4, -0.2) is 23.7 Å². The Hall–Kier alpha value is -3.98. The third-order valence-electron chi connectivity index (χ3n) is 4.78. The lowest BCUT2D eigenvalue weighted by Crippen LogP contribution is -2.39. The van der Waals surface area contributed by atoms with Gasteiger partial charge in [0.15, 0.2) is 0 Å². The number of nitrogens with one attached hydrogen (secondary N) is 3. The number of aromatic amines is 1. The van der Waals surface area contributed by atoms with Crippen molar-refractivity contribution in [3.8, 4) is 17.2 Å². The van der Waals surface area contributed by atoms with Gasteiger partial charge in [0.2, 0.25) is 0 Å². The SMILES string of the molecule is N#Cc1c(-c2ccc(Cl)cc2)c(Cl)n2c(=O)c(C(=O)NS(=O)(=O)Nc3ccccc3)c(N)[nH]c12. The first kappa shape index (κ1) is 23.2. The van der Waals surface area contributed by atoms with Crippen molar-refractivity contribution in [1.82, 2.24) is 14.1 Å². The van der Waals surface area contributed by atoms with Gasteiger partial charge in [0.1, 0.15) is 33.8 Å². The molecule has 2 heterocycles. The summed E-state index contributed by atoms with van der Waals surface area (Å²) in [6.45, 7) is 0. The Morgan fingerprint density at radius 1 is 1.09 bits per heavy atom. The predicted molar refractivity (Wildman–Crippen MR) is 129 cm³/mol. The van der Waals surface area contributed by atoms with Crippen molar-refractivity contribution >= 4 is 56.5 Å². The fourth-order valence-electron chi connectivity index (χ4n) is 3.34. The van der Waals surface area contributed by atoms with Crippen LogP contribution in [0.25, 0.3) is 16.8 Å². The van der Waals surface area contributed by atoms with Gasteiger partial charge in [-0.15, -0.1) is 0 Å². The van der Waals surface area contributed by atoms with Crippen molar-refractivity contribution in [2.75, 3.05) is 10.5 Å². The molecule has 0 aliphatic heterocycles. The van der Waals surface area contributed by atoms with Gasteiger partial charge in [-0.1, -0.05) is 53.5 Å². The van der Waals surface area contributed by atoms with Crippen LogP contribution in [0.5, 0.6) is 0 Å². The molecule has 0 fully saturated rings. The summed E-state index contributed by atoms with van der Waals surface area (Å²) >= 11 is 12.4. The van der Waals surface area contributed by atoms with Crippen molar-refractivity contribution in [2.45, 2.75) is 0 Å². The molecular weight excluding hydrogens is 503 g/mol. The summed E-state index contributed by atoms with van der Waals surface area (Å²) in [6, 6.07) is 16.1. The molecule has 2 aromatic carbocycles. The zero-order chi connectivity index (χ0) is 24.6. The zero-order valence-corrected chi connectivity index (χ0v) is 19.3. The van der Waals surface area contributed by atoms with E-state index in [0.717, 1.165) is 4.40 Å². The lowest BCUT2D eigenvalue weighted by Gasteiger charge is -2.10. The second kappa shape index (κ2) is 8.75. The summed E-state index contributed by atoms with van der Waals surface area (Å²) in [4.78, 5) is 28.6. The highest BCUT2D eigenvalue weighted by Crippen LogP contribution is 2.35. The maximum absolute atomic E-state index is 13.2. The minimum atomic E-state index is -4.40. The third-order valence-corrected chi connectivity index (χ3v) is 6.35. The number of H-pyrrole nitrogens is 1. The van der Waals surface area contributed by atoms with Crippen molar-refractivity contribution < 1.29 is 13.2 Å². The molecule has 0 aliphatic carbocycles. The van der Waals surface area contributed by atoms with Crippen LogP contribution in [-0.2, 0) is 10.2 Å². The smallest absolute Gasteiger partial charge is 0.323 e. The Bertz CT molecular complexity index is 1640. The highest BCUT2D eigenvalue weighted by Gasteiger charge is 2.27. The molecule has 0 atom stereocenters. The fourth-order valence-corrected chi connectivity index (χ4v) is 4.67. The summed E-state index contributed by atoms with van der Waals surface area (Å²) in [5, 5.41) is 10.0. The van der Waals surface area contributed by atoms with E-state index in [9.17, 15) is 23.3 Å². The van der Waals surface area contributed by atoms with Crippen LogP contribution in [0.1, 0.15) is 15.9 Å². The topological polar surface area (TPSA) is 162 Å². The Labute approximate surface area is 202 Å². The monoisotopic (exact) mass is 516 g/mol. The van der Waals surface area contributed by atoms with Gasteiger partial charge in [0.05, 0.1) is 5.69 Å². The normalized spacial score (nSPS) is 11.2. The van der Waals surface area contributed by atoms with E-state index in [1.54, 1.807) is 47.2 Å². The van der Waals surface area contributed by atoms with E-state index in [0.29, 0.717) is 10.6 Å². The minimum Gasteiger partial charge on any atom is -0.384 e. The van der Waals surface area contributed by atoms with Gasteiger partial charge in [0.25, 0.3) is 11.5 Å². The molecule has 0 radical (unpaired) electrons. The van der Waals surface area contributed by atoms with Gasteiger partial charge in [0, 0.05) is 10.6 Å². The number of anilines is 2. The van der Waals surface area contributed by atoms with Crippen LogP contribution < -0.4 is 20.7 Å². The van der Waals surface area contributed by atoms with E-state index in [1.807, 2.05) is 6.07 Å². The Kier molecular flexibility index (Phi) is 5.97. The van der Waals surface area contributed by atoms with Gasteiger partial charge in [-0.2, -0.15) is 13.7 Å². The maximum atomic E-state index is 13.2. The molecule has 0 unspecified atom stereocenters. The number of amides is 1. The molecule has 0 bridgehead atoms. The van der Waals surface area contributed by atoms with Crippen LogP contribution in [0.15, 0.2) is 59.4 Å². The molecule has 34 heavy (non-hydrogen) atoms. The quantitative estimate of drug-likeness (QED) is 0.318. The molecule has 5 N–H and O–H groups in total. The summed E-state index contributed by atoms with van der Waals surface area (Å²) in [7, 11) is -4.40. The molecule has 13 heteroatoms. The second-order valence-corrected chi connectivity index (χ2v) is 9.17. The zero-order valence-electron chi connectivity index (χ0n) is 17.0. The first-order valence-corrected chi connectivity index (χ1v) is 11.7. The second-order valence-electron chi connectivity index (χ2n) is 6.97. The van der Waals surface area contributed by atoms with Gasteiger partial charge in [-0.3, -0.25) is 14.3 Å². The van der Waals surface area contributed by atoms with Gasteiger partial charge >= 0.3 is 10.2 Å². The van der Waals surface area contributed by atoms with Crippen molar-refractivity contribution in [3.63, 3.8) is 0 Å². The van der Waals surface area contributed by atoms with Crippen LogP contribution in [0.2, 0.25) is 10.2 Å². The van der Waals surface area contributed by atoms with E-state index >= 15 is 0 Å². The molecular formula is C21H14Cl2N6O4S. The molecule has 2 aromatic heterocycles. The highest BCUT2D eigenvalue weighted by molar-refractivity contribution is 7.91. The number of fused-ring (bicyclic) bond motifs is 1. The Morgan fingerprint density at radius 3 is 2.35 bits per heavy atom. The first-order valence-electron chi connectivity index (χ1n) is 9.44. The number of rotatable bonds is 5. The van der Waals surface area contributed by atoms with Crippen LogP contribution in [0, 0.1) is 11.3 Å². The number of carbonyl (C=O) groups is 1. The number of nitrogens with zero attached hydrogens (tertiary/aromatic N) is 2. The number of halogens is 2. The van der Waals surface area contributed by atoms with E-state index in [2.05, 4.69) is 9.71 Å². The molecule has 0 aliphatic rings. The molecule has 4 rings (SSSR count). The summed E-state index contributed by atoms with van der Waals surface area (Å²) in [6.07, 6.45) is 0. The Balaban J connectivity index is 1.81. The number of nitrogens with two attached hydrogens (primary N) is 1. The highest BCUT2D eigenvalue weighted by atomic mass is 35.5. The number of para-hydroxylation sites is 1. The van der Waals surface area contributed by atoms with Gasteiger partial charge < -0.3 is 10.7 Å². The molecule has 0 saturated carbocycles. The molecule has 10 nitrogen and oxygen atoms in total. The van der Waals surface area contributed by atoms with E-state index in [1.165, 1.54) is 12.1 Å². The number of carbonyl (C=O) groups excluding carboxylic acids is 1. The number of aromatic nitrogens is 2. The van der Waals surface area contributed by atoms with Crippen LogP contribution >= 0.6 is 23.2 Å². The maximum Gasteiger partial charge on any atom is 0.323 e. The van der Waals surface area contributed by atoms with Crippen LogP contribution in [0.4, 0.5) is 11.5 Å². The summed E-state index contributed by atoms with van der Waals surface area (Å²) < 4.78 is 29.5. The van der Waals surface area contributed by atoms with Gasteiger partial charge in [-0.05, 0) is 29.8 Å². The predicted octanol–water partition coefficient (Wildman–Crippen LogP) is 3.14. The summed E-state index contributed by atoms with van der Waals surface area (Å²) in [5.41, 5.74) is 5.02. The minimum absolute atomic E-state index is 0.00134. The lowest BCUT2D eigenvalue weighted by atomic mass is 10.1. The average molecular weight is 517 g/mol. The standard InChI is InChI=1S/C21H14Cl2N6O4S/c22-12-8-6-11(7-9-12)15-14(10-24)19-26-18(25)16(21(31)29(19)17(15)23)20(30)28-34(32,33)27-13-4-2-1-3-5-13/h1-9,26-27H,25H2,(H,28,30). The van der Waals surface area contributed by atoms with Crippen molar-refractivity contribution in [2.24, 2.45) is 0 Å². The Morgan fingerprint density at radius 2 is 1.74 bits per heavy atom. The van der Waals surface area contributed by atoms with E-state index in [4.69, 9.17) is 28.9 Å². The number of nitrogen functional groups attached to an aromatic ring is 1. The third kappa shape index (κ3) is 4.17. The van der Waals surface area contributed by atoms with Crippen molar-refractivity contribution in [1.29, 1.82) is 5.26 Å². The number of hydrogen-bond donors (Lipinski definition) is 4. The summed E-state index contributed by atoms with van der Waals surface area (Å²) in [5.74, 6) is -1.74. The molecule has 4 aromatic rings. The molecule has 1 amide bonds. The largest absolute Gasteiger partial charge is 0.384 e. The molecule has 0 spiro atoms. The number of benzene rings is 2. The molecule has 172 valence electrons. The van der Waals surface area contributed by atoms with Crippen LogP contribution in [0.3, 0.4) is 0 Å². The number of nitriles is 1. The number of hydrogen-bond acceptors (Lipinski definition) is 6. The fraction of sp³-hybridized carbons (Fsp3) is 0. The van der Waals surface area contributed by atoms with E-state index in [-0.39, 0.29) is 27.6 Å². The lowest BCUT2D eigenvalue weighted by molar-refractivity contribution is 0.0980. The van der Waals surface area contributed by atoms with Crippen molar-refractivity contribution in [3.05, 3.63) is 86.3 Å².